The first-order valence-electron chi connectivity index (χ1n) is 4.38. The number of ketones is 1. The molecule has 0 amide bonds. The molecular formula is C11H12O. The first-order valence-corrected chi connectivity index (χ1v) is 4.38. The lowest BCUT2D eigenvalue weighted by molar-refractivity contribution is 0.0967. The zero-order valence-electron chi connectivity index (χ0n) is 7.21. The second-order valence-corrected chi connectivity index (χ2v) is 3.50. The summed E-state index contributed by atoms with van der Waals surface area (Å²) in [7, 11) is 0. The Bertz CT molecular complexity index is 293. The van der Waals surface area contributed by atoms with Crippen LogP contribution in [-0.2, 0) is 0 Å². The average Bonchev–Trinajstić information content (AvgIpc) is 2.87. The minimum Gasteiger partial charge on any atom is -0.294 e. The van der Waals surface area contributed by atoms with E-state index in [1.807, 2.05) is 31.2 Å². The Morgan fingerprint density at radius 1 is 1.25 bits per heavy atom. The molecule has 62 valence electrons. The maximum absolute atomic E-state index is 11.5. The first-order chi connectivity index (χ1) is 5.77. The number of rotatable bonds is 2. The lowest BCUT2D eigenvalue weighted by Gasteiger charge is -1.98. The molecule has 12 heavy (non-hydrogen) atoms. The quantitative estimate of drug-likeness (QED) is 0.608. The summed E-state index contributed by atoms with van der Waals surface area (Å²) in [5, 5.41) is 0. The van der Waals surface area contributed by atoms with Crippen LogP contribution in [0.2, 0.25) is 0 Å². The monoisotopic (exact) mass is 160 g/mol. The summed E-state index contributed by atoms with van der Waals surface area (Å²) in [4.78, 5) is 11.5. The Kier molecular flexibility index (Phi) is 1.72. The van der Waals surface area contributed by atoms with E-state index in [2.05, 4.69) is 0 Å². The van der Waals surface area contributed by atoms with Gasteiger partial charge in [-0.1, -0.05) is 29.8 Å². The van der Waals surface area contributed by atoms with E-state index >= 15 is 0 Å². The molecule has 0 aliphatic heterocycles. The van der Waals surface area contributed by atoms with E-state index in [9.17, 15) is 4.79 Å². The van der Waals surface area contributed by atoms with Crippen LogP contribution in [0.3, 0.4) is 0 Å². The fraction of sp³-hybridized carbons (Fsp3) is 0.364. The lowest BCUT2D eigenvalue weighted by Crippen LogP contribution is -2.00. The summed E-state index contributed by atoms with van der Waals surface area (Å²) in [5.74, 6) is 0.669. The van der Waals surface area contributed by atoms with Gasteiger partial charge in [0, 0.05) is 11.5 Å². The van der Waals surface area contributed by atoms with Gasteiger partial charge in [0.25, 0.3) is 0 Å². The number of carbonyl (C=O) groups excluding carboxylic acids is 1. The fourth-order valence-electron chi connectivity index (χ4n) is 1.30. The smallest absolute Gasteiger partial charge is 0.165 e. The van der Waals surface area contributed by atoms with Crippen LogP contribution in [-0.4, -0.2) is 5.78 Å². The Balaban J connectivity index is 2.22. The molecule has 0 radical (unpaired) electrons. The second-order valence-electron chi connectivity index (χ2n) is 3.50. The Hall–Kier alpha value is -1.11. The molecule has 0 bridgehead atoms. The van der Waals surface area contributed by atoms with Crippen LogP contribution in [0.25, 0.3) is 0 Å². The maximum atomic E-state index is 11.5. The molecule has 1 aromatic rings. The third-order valence-corrected chi connectivity index (χ3v) is 2.28. The highest BCUT2D eigenvalue weighted by molar-refractivity contribution is 5.99. The van der Waals surface area contributed by atoms with Crippen molar-refractivity contribution in [2.75, 3.05) is 0 Å². The van der Waals surface area contributed by atoms with Gasteiger partial charge in [0.05, 0.1) is 0 Å². The van der Waals surface area contributed by atoms with Gasteiger partial charge in [-0.2, -0.15) is 0 Å². The van der Waals surface area contributed by atoms with Gasteiger partial charge in [-0.15, -0.1) is 0 Å². The van der Waals surface area contributed by atoms with Crippen molar-refractivity contribution in [2.24, 2.45) is 5.92 Å². The summed E-state index contributed by atoms with van der Waals surface area (Å²) in [6.45, 7) is 2.03. The van der Waals surface area contributed by atoms with Crippen LogP contribution < -0.4 is 0 Å². The standard InChI is InChI=1S/C11H12O/c1-8-2-4-9(5-3-8)11(12)10-6-7-10/h2-5,10H,6-7H2,1H3. The van der Waals surface area contributed by atoms with Gasteiger partial charge >= 0.3 is 0 Å². The maximum Gasteiger partial charge on any atom is 0.165 e. The molecule has 0 spiro atoms. The first kappa shape index (κ1) is 7.53. The Labute approximate surface area is 72.4 Å². The third kappa shape index (κ3) is 1.40. The number of benzene rings is 1. The van der Waals surface area contributed by atoms with Gasteiger partial charge in [0.2, 0.25) is 0 Å². The normalized spacial score (nSPS) is 16.1. The number of hydrogen-bond donors (Lipinski definition) is 0. The molecule has 2 rings (SSSR count). The van der Waals surface area contributed by atoms with Crippen molar-refractivity contribution in [2.45, 2.75) is 19.8 Å². The van der Waals surface area contributed by atoms with E-state index < -0.39 is 0 Å². The second kappa shape index (κ2) is 2.74. The van der Waals surface area contributed by atoms with E-state index in [0.29, 0.717) is 11.7 Å². The van der Waals surface area contributed by atoms with Crippen LogP contribution in [0.15, 0.2) is 24.3 Å². The van der Waals surface area contributed by atoms with Gasteiger partial charge in [0.1, 0.15) is 0 Å². The minimum absolute atomic E-state index is 0.329. The summed E-state index contributed by atoms with van der Waals surface area (Å²) >= 11 is 0. The molecule has 1 fully saturated rings. The van der Waals surface area contributed by atoms with E-state index in [1.165, 1.54) is 5.56 Å². The molecule has 1 nitrogen and oxygen atoms in total. The molecule has 1 saturated carbocycles. The summed E-state index contributed by atoms with van der Waals surface area (Å²) in [6, 6.07) is 7.84. The Morgan fingerprint density at radius 2 is 1.83 bits per heavy atom. The molecule has 1 heteroatoms. The van der Waals surface area contributed by atoms with Gasteiger partial charge in [-0.3, -0.25) is 4.79 Å². The molecule has 0 saturated heterocycles. The van der Waals surface area contributed by atoms with Crippen molar-refractivity contribution in [3.8, 4) is 0 Å². The van der Waals surface area contributed by atoms with Gasteiger partial charge < -0.3 is 0 Å². The number of Topliss-reactive ketones (excluding diaryl/α,β-unsaturated/α-hetero) is 1. The van der Waals surface area contributed by atoms with Crippen molar-refractivity contribution < 1.29 is 4.79 Å². The number of hydrogen-bond acceptors (Lipinski definition) is 1. The lowest BCUT2D eigenvalue weighted by atomic mass is 10.1. The topological polar surface area (TPSA) is 17.1 Å². The van der Waals surface area contributed by atoms with Gasteiger partial charge in [0.15, 0.2) is 5.78 Å². The highest BCUT2D eigenvalue weighted by atomic mass is 16.1. The molecule has 0 heterocycles. The summed E-state index contributed by atoms with van der Waals surface area (Å²) < 4.78 is 0. The molecule has 0 unspecified atom stereocenters. The van der Waals surface area contributed by atoms with Crippen molar-refractivity contribution >= 4 is 5.78 Å². The van der Waals surface area contributed by atoms with Crippen molar-refractivity contribution in [1.29, 1.82) is 0 Å². The predicted octanol–water partition coefficient (Wildman–Crippen LogP) is 2.59. The molecular weight excluding hydrogens is 148 g/mol. The number of aryl methyl sites for hydroxylation is 1. The van der Waals surface area contributed by atoms with E-state index in [-0.39, 0.29) is 0 Å². The van der Waals surface area contributed by atoms with Crippen molar-refractivity contribution in [1.82, 2.24) is 0 Å². The van der Waals surface area contributed by atoms with E-state index in [0.717, 1.165) is 18.4 Å². The Morgan fingerprint density at radius 3 is 2.33 bits per heavy atom. The zero-order chi connectivity index (χ0) is 8.55. The van der Waals surface area contributed by atoms with Crippen LogP contribution in [0.4, 0.5) is 0 Å². The SMILES string of the molecule is Cc1ccc(C(=O)C2CC2)cc1. The third-order valence-electron chi connectivity index (χ3n) is 2.28. The van der Waals surface area contributed by atoms with Crippen LogP contribution in [0.5, 0.6) is 0 Å². The molecule has 0 atom stereocenters. The van der Waals surface area contributed by atoms with Crippen molar-refractivity contribution in [3.05, 3.63) is 35.4 Å². The van der Waals surface area contributed by atoms with E-state index in [1.54, 1.807) is 0 Å². The highest BCUT2D eigenvalue weighted by Crippen LogP contribution is 2.32. The minimum atomic E-state index is 0.329. The molecule has 0 aromatic heterocycles. The van der Waals surface area contributed by atoms with Crippen LogP contribution in [0.1, 0.15) is 28.8 Å². The van der Waals surface area contributed by atoms with E-state index in [4.69, 9.17) is 0 Å². The summed E-state index contributed by atoms with van der Waals surface area (Å²) in [6.07, 6.45) is 2.18. The van der Waals surface area contributed by atoms with Crippen LogP contribution >= 0.6 is 0 Å². The summed E-state index contributed by atoms with van der Waals surface area (Å²) in [5.41, 5.74) is 2.09. The zero-order valence-corrected chi connectivity index (χ0v) is 7.21. The largest absolute Gasteiger partial charge is 0.294 e. The predicted molar refractivity (Wildman–Crippen MR) is 48.2 cm³/mol. The molecule has 0 N–H and O–H groups in total. The molecule has 1 aliphatic rings. The molecule has 1 aliphatic carbocycles. The highest BCUT2D eigenvalue weighted by Gasteiger charge is 2.29. The van der Waals surface area contributed by atoms with Crippen molar-refractivity contribution in [3.63, 3.8) is 0 Å². The van der Waals surface area contributed by atoms with Gasteiger partial charge in [-0.05, 0) is 19.8 Å². The number of carbonyl (C=O) groups is 1. The fourth-order valence-corrected chi connectivity index (χ4v) is 1.30. The average molecular weight is 160 g/mol. The van der Waals surface area contributed by atoms with Crippen LogP contribution in [0, 0.1) is 12.8 Å². The molecule has 1 aromatic carbocycles. The van der Waals surface area contributed by atoms with Gasteiger partial charge in [-0.25, -0.2) is 0 Å².